The smallest absolute Gasteiger partial charge is 0.240 e. The molecule has 2 amide bonds. The molecule has 9 heteroatoms. The average molecular weight is 398 g/mol. The SMILES string of the molecule is CC(=O)c1cccc(NC(=O)CC2SC(=NN=Cc3ccc(C)o3)NC2=O)c1. The van der Waals surface area contributed by atoms with Gasteiger partial charge in [-0.1, -0.05) is 23.9 Å². The molecule has 1 aliphatic heterocycles. The fraction of sp³-hybridized carbons (Fsp3) is 0.211. The Kier molecular flexibility index (Phi) is 6.05. The number of carbonyl (C=O) groups is 3. The van der Waals surface area contributed by atoms with Gasteiger partial charge in [-0.3, -0.25) is 14.4 Å². The maximum Gasteiger partial charge on any atom is 0.240 e. The number of carbonyl (C=O) groups excluding carboxylic acids is 3. The molecule has 2 N–H and O–H groups in total. The summed E-state index contributed by atoms with van der Waals surface area (Å²) in [7, 11) is 0. The molecule has 1 aromatic heterocycles. The number of benzene rings is 1. The minimum atomic E-state index is -0.601. The molecule has 0 spiro atoms. The van der Waals surface area contributed by atoms with Gasteiger partial charge in [0.25, 0.3) is 0 Å². The summed E-state index contributed by atoms with van der Waals surface area (Å²) in [5, 5.41) is 12.8. The lowest BCUT2D eigenvalue weighted by molar-refractivity contribution is -0.122. The van der Waals surface area contributed by atoms with Crippen LogP contribution in [0.15, 0.2) is 51.0 Å². The average Bonchev–Trinajstić information content (AvgIpc) is 3.20. The van der Waals surface area contributed by atoms with Crippen LogP contribution in [0.5, 0.6) is 0 Å². The van der Waals surface area contributed by atoms with Crippen molar-refractivity contribution < 1.29 is 18.8 Å². The molecule has 1 saturated heterocycles. The molecule has 1 atom stereocenters. The summed E-state index contributed by atoms with van der Waals surface area (Å²) in [5.41, 5.74) is 1.01. The van der Waals surface area contributed by atoms with Gasteiger partial charge in [0.05, 0.1) is 6.21 Å². The van der Waals surface area contributed by atoms with Crippen molar-refractivity contribution in [2.45, 2.75) is 25.5 Å². The van der Waals surface area contributed by atoms with Gasteiger partial charge in [0.15, 0.2) is 11.0 Å². The Morgan fingerprint density at radius 2 is 2.14 bits per heavy atom. The lowest BCUT2D eigenvalue weighted by Gasteiger charge is -2.08. The first-order valence-electron chi connectivity index (χ1n) is 8.46. The third kappa shape index (κ3) is 5.17. The molecule has 0 radical (unpaired) electrons. The lowest BCUT2D eigenvalue weighted by Crippen LogP contribution is -2.28. The summed E-state index contributed by atoms with van der Waals surface area (Å²) in [6.45, 7) is 3.28. The fourth-order valence-electron chi connectivity index (χ4n) is 2.44. The summed E-state index contributed by atoms with van der Waals surface area (Å²) >= 11 is 1.14. The summed E-state index contributed by atoms with van der Waals surface area (Å²) in [4.78, 5) is 35.7. The normalized spacial score (nSPS) is 17.9. The van der Waals surface area contributed by atoms with E-state index in [0.717, 1.165) is 17.5 Å². The number of nitrogens with one attached hydrogen (secondary N) is 2. The summed E-state index contributed by atoms with van der Waals surface area (Å²) in [5.74, 6) is 0.593. The van der Waals surface area contributed by atoms with E-state index in [9.17, 15) is 14.4 Å². The Hall–Kier alpha value is -3.20. The topological polar surface area (TPSA) is 113 Å². The third-order valence-corrected chi connectivity index (χ3v) is 4.87. The first-order valence-corrected chi connectivity index (χ1v) is 9.34. The minimum absolute atomic E-state index is 0.0269. The first kappa shape index (κ1) is 19.6. The van der Waals surface area contributed by atoms with E-state index in [1.807, 2.05) is 6.92 Å². The van der Waals surface area contributed by atoms with Crippen LogP contribution in [0.3, 0.4) is 0 Å². The van der Waals surface area contributed by atoms with Crippen molar-refractivity contribution in [3.63, 3.8) is 0 Å². The van der Waals surface area contributed by atoms with E-state index in [2.05, 4.69) is 20.8 Å². The van der Waals surface area contributed by atoms with Crippen LogP contribution < -0.4 is 10.6 Å². The highest BCUT2D eigenvalue weighted by atomic mass is 32.2. The van der Waals surface area contributed by atoms with Gasteiger partial charge >= 0.3 is 0 Å². The summed E-state index contributed by atoms with van der Waals surface area (Å²) < 4.78 is 5.34. The summed E-state index contributed by atoms with van der Waals surface area (Å²) in [6, 6.07) is 10.2. The van der Waals surface area contributed by atoms with Crippen molar-refractivity contribution in [3.8, 4) is 0 Å². The highest BCUT2D eigenvalue weighted by molar-refractivity contribution is 8.15. The molecule has 28 heavy (non-hydrogen) atoms. The van der Waals surface area contributed by atoms with Gasteiger partial charge in [-0.05, 0) is 38.1 Å². The first-order chi connectivity index (χ1) is 13.4. The maximum absolute atomic E-state index is 12.2. The highest BCUT2D eigenvalue weighted by Crippen LogP contribution is 2.23. The van der Waals surface area contributed by atoms with Crippen LogP contribution in [-0.2, 0) is 9.59 Å². The second kappa shape index (κ2) is 8.66. The third-order valence-electron chi connectivity index (χ3n) is 3.79. The van der Waals surface area contributed by atoms with Crippen LogP contribution in [0.2, 0.25) is 0 Å². The second-order valence-electron chi connectivity index (χ2n) is 6.08. The number of anilines is 1. The van der Waals surface area contributed by atoms with Gasteiger partial charge in [-0.25, -0.2) is 0 Å². The number of nitrogens with zero attached hydrogens (tertiary/aromatic N) is 2. The number of aryl methyl sites for hydroxylation is 1. The van der Waals surface area contributed by atoms with E-state index in [1.165, 1.54) is 13.1 Å². The number of ketones is 1. The van der Waals surface area contributed by atoms with Crippen LogP contribution in [-0.4, -0.2) is 34.2 Å². The number of amidine groups is 1. The van der Waals surface area contributed by atoms with Crippen LogP contribution >= 0.6 is 11.8 Å². The molecule has 2 aromatic rings. The molecule has 1 unspecified atom stereocenters. The lowest BCUT2D eigenvalue weighted by atomic mass is 10.1. The number of amides is 2. The second-order valence-corrected chi connectivity index (χ2v) is 7.27. The Morgan fingerprint density at radius 1 is 1.32 bits per heavy atom. The van der Waals surface area contributed by atoms with Gasteiger partial charge < -0.3 is 15.1 Å². The minimum Gasteiger partial charge on any atom is -0.460 e. The largest absolute Gasteiger partial charge is 0.460 e. The number of hydrogen-bond donors (Lipinski definition) is 2. The van der Waals surface area contributed by atoms with Gasteiger partial charge in [0, 0.05) is 17.7 Å². The van der Waals surface area contributed by atoms with Crippen molar-refractivity contribution >= 4 is 46.4 Å². The molecule has 1 aromatic carbocycles. The van der Waals surface area contributed by atoms with Crippen molar-refractivity contribution in [3.05, 3.63) is 53.5 Å². The molecule has 0 saturated carbocycles. The molecular weight excluding hydrogens is 380 g/mol. The molecule has 144 valence electrons. The maximum atomic E-state index is 12.2. The zero-order valence-corrected chi connectivity index (χ0v) is 16.1. The molecule has 8 nitrogen and oxygen atoms in total. The fourth-order valence-corrected chi connectivity index (χ4v) is 3.37. The Morgan fingerprint density at radius 3 is 2.86 bits per heavy atom. The van der Waals surface area contributed by atoms with E-state index in [1.54, 1.807) is 36.4 Å². The van der Waals surface area contributed by atoms with E-state index >= 15 is 0 Å². The van der Waals surface area contributed by atoms with Crippen molar-refractivity contribution in [1.82, 2.24) is 5.32 Å². The number of Topliss-reactive ketones (excluding diaryl/α,β-unsaturated/α-hetero) is 1. The molecule has 3 rings (SSSR count). The predicted molar refractivity (Wildman–Crippen MR) is 108 cm³/mol. The van der Waals surface area contributed by atoms with Gasteiger partial charge in [0.1, 0.15) is 16.8 Å². The van der Waals surface area contributed by atoms with Crippen molar-refractivity contribution in [1.29, 1.82) is 0 Å². The molecule has 1 fully saturated rings. The molecule has 0 aliphatic carbocycles. The quantitative estimate of drug-likeness (QED) is 0.441. The van der Waals surface area contributed by atoms with Crippen molar-refractivity contribution in [2.24, 2.45) is 10.2 Å². The van der Waals surface area contributed by atoms with Gasteiger partial charge in [-0.2, -0.15) is 5.10 Å². The Balaban J connectivity index is 1.56. The number of hydrogen-bond acceptors (Lipinski definition) is 7. The molecule has 0 bridgehead atoms. The van der Waals surface area contributed by atoms with Crippen LogP contribution in [0.25, 0.3) is 0 Å². The molecular formula is C19H18N4O4S. The monoisotopic (exact) mass is 398 g/mol. The zero-order valence-electron chi connectivity index (χ0n) is 15.3. The molecule has 1 aliphatic rings. The number of thioether (sulfide) groups is 1. The van der Waals surface area contributed by atoms with E-state index < -0.39 is 5.25 Å². The van der Waals surface area contributed by atoms with Gasteiger partial charge in [-0.15, -0.1) is 5.10 Å². The van der Waals surface area contributed by atoms with Crippen LogP contribution in [0.1, 0.15) is 35.2 Å². The molecule has 2 heterocycles. The zero-order chi connectivity index (χ0) is 20.1. The highest BCUT2D eigenvalue weighted by Gasteiger charge is 2.32. The Bertz CT molecular complexity index is 980. The van der Waals surface area contributed by atoms with Crippen molar-refractivity contribution in [2.75, 3.05) is 5.32 Å². The predicted octanol–water partition coefficient (Wildman–Crippen LogP) is 2.74. The van der Waals surface area contributed by atoms with Gasteiger partial charge in [0.2, 0.25) is 11.8 Å². The Labute approximate surface area is 165 Å². The van der Waals surface area contributed by atoms with E-state index in [4.69, 9.17) is 4.42 Å². The van der Waals surface area contributed by atoms with Crippen LogP contribution in [0.4, 0.5) is 5.69 Å². The standard InChI is InChI=1S/C19H18N4O4S/c1-11-6-7-15(27-11)10-20-23-19-22-18(26)16(28-19)9-17(25)21-14-5-3-4-13(8-14)12(2)24/h3-8,10,16H,9H2,1-2H3,(H,21,25)(H,22,23,26). The van der Waals surface area contributed by atoms with E-state index in [-0.39, 0.29) is 24.0 Å². The summed E-state index contributed by atoms with van der Waals surface area (Å²) in [6.07, 6.45) is 1.41. The number of furan rings is 1. The number of rotatable bonds is 6. The van der Waals surface area contributed by atoms with E-state index in [0.29, 0.717) is 22.2 Å². The van der Waals surface area contributed by atoms with Crippen LogP contribution in [0, 0.1) is 6.92 Å².